The lowest BCUT2D eigenvalue weighted by molar-refractivity contribution is -0.117. The second-order valence-electron chi connectivity index (χ2n) is 4.87. The summed E-state index contributed by atoms with van der Waals surface area (Å²) in [6.07, 6.45) is 0.480. The molecule has 1 N–H and O–H groups in total. The third kappa shape index (κ3) is 2.14. The third-order valence-corrected chi connectivity index (χ3v) is 5.13. The van der Waals surface area contributed by atoms with Gasteiger partial charge in [-0.3, -0.25) is 4.79 Å². The van der Waals surface area contributed by atoms with Crippen LogP contribution in [0.2, 0.25) is 5.02 Å². The zero-order valence-electron chi connectivity index (χ0n) is 11.3. The van der Waals surface area contributed by atoms with Crippen molar-refractivity contribution in [2.75, 3.05) is 19.0 Å². The first-order valence-corrected chi connectivity index (χ1v) is 7.67. The first-order chi connectivity index (χ1) is 9.61. The molecule has 1 atom stereocenters. The average molecular weight is 307 g/mol. The standard InChI is InChI=1S/C15H15ClN2OS/c1-17-14(15-11(16)5-6-20-15)9-3-4-12-10(7-9)8-13(19)18(12)2/h3-7,14,17H,8H2,1-2H3. The maximum atomic E-state index is 11.8. The Morgan fingerprint density at radius 2 is 2.20 bits per heavy atom. The molecule has 0 saturated heterocycles. The molecule has 1 aliphatic heterocycles. The predicted octanol–water partition coefficient (Wildman–Crippen LogP) is 3.23. The summed E-state index contributed by atoms with van der Waals surface area (Å²) >= 11 is 7.87. The van der Waals surface area contributed by atoms with Crippen LogP contribution in [-0.4, -0.2) is 20.0 Å². The lowest BCUT2D eigenvalue weighted by atomic mass is 10.0. The second-order valence-corrected chi connectivity index (χ2v) is 6.23. The Kier molecular flexibility index (Phi) is 3.54. The van der Waals surface area contributed by atoms with Crippen LogP contribution in [0.5, 0.6) is 0 Å². The van der Waals surface area contributed by atoms with Crippen molar-refractivity contribution in [2.45, 2.75) is 12.5 Å². The Morgan fingerprint density at radius 1 is 1.40 bits per heavy atom. The van der Waals surface area contributed by atoms with Gasteiger partial charge in [-0.25, -0.2) is 0 Å². The molecule has 0 aliphatic carbocycles. The molecule has 1 aromatic heterocycles. The van der Waals surface area contributed by atoms with Crippen molar-refractivity contribution in [3.63, 3.8) is 0 Å². The number of likely N-dealkylation sites (N-methyl/N-ethyl adjacent to an activating group) is 1. The molecule has 1 unspecified atom stereocenters. The summed E-state index contributed by atoms with van der Waals surface area (Å²) in [6, 6.07) is 8.16. The van der Waals surface area contributed by atoms with E-state index in [1.54, 1.807) is 16.2 Å². The summed E-state index contributed by atoms with van der Waals surface area (Å²) in [4.78, 5) is 14.6. The van der Waals surface area contributed by atoms with E-state index in [0.29, 0.717) is 6.42 Å². The van der Waals surface area contributed by atoms with Crippen LogP contribution in [0.3, 0.4) is 0 Å². The van der Waals surface area contributed by atoms with Crippen LogP contribution in [0.4, 0.5) is 5.69 Å². The molecule has 0 fully saturated rings. The highest BCUT2D eigenvalue weighted by molar-refractivity contribution is 7.10. The van der Waals surface area contributed by atoms with Crippen molar-refractivity contribution >= 4 is 34.5 Å². The van der Waals surface area contributed by atoms with Crippen LogP contribution in [0.1, 0.15) is 22.0 Å². The van der Waals surface area contributed by atoms with Gasteiger partial charge in [0.15, 0.2) is 0 Å². The van der Waals surface area contributed by atoms with Crippen molar-refractivity contribution < 1.29 is 4.79 Å². The van der Waals surface area contributed by atoms with Crippen molar-refractivity contribution in [3.05, 3.63) is 50.7 Å². The number of benzene rings is 1. The minimum Gasteiger partial charge on any atom is -0.315 e. The van der Waals surface area contributed by atoms with E-state index in [1.807, 2.05) is 31.6 Å². The largest absolute Gasteiger partial charge is 0.315 e. The summed E-state index contributed by atoms with van der Waals surface area (Å²) in [7, 11) is 3.74. The number of halogens is 1. The molecule has 104 valence electrons. The minimum atomic E-state index is 0.0637. The second kappa shape index (κ2) is 5.20. The fourth-order valence-electron chi connectivity index (χ4n) is 2.63. The van der Waals surface area contributed by atoms with Gasteiger partial charge in [0.1, 0.15) is 0 Å². The molecule has 3 nitrogen and oxygen atoms in total. The monoisotopic (exact) mass is 306 g/mol. The number of anilines is 1. The van der Waals surface area contributed by atoms with Crippen LogP contribution < -0.4 is 10.2 Å². The fourth-order valence-corrected chi connectivity index (χ4v) is 3.93. The fraction of sp³-hybridized carbons (Fsp3) is 0.267. The Labute approximate surface area is 127 Å². The van der Waals surface area contributed by atoms with Gasteiger partial charge in [0, 0.05) is 17.6 Å². The van der Waals surface area contributed by atoms with Gasteiger partial charge in [0.05, 0.1) is 17.5 Å². The van der Waals surface area contributed by atoms with Crippen molar-refractivity contribution in [3.8, 4) is 0 Å². The SMILES string of the molecule is CNC(c1ccc2c(c1)CC(=O)N2C)c1sccc1Cl. The number of carbonyl (C=O) groups excluding carboxylic acids is 1. The van der Waals surface area contributed by atoms with Crippen LogP contribution in [0.25, 0.3) is 0 Å². The molecule has 0 bridgehead atoms. The molecule has 3 rings (SSSR count). The molecule has 2 heterocycles. The van der Waals surface area contributed by atoms with Crippen molar-refractivity contribution in [1.82, 2.24) is 5.32 Å². The summed E-state index contributed by atoms with van der Waals surface area (Å²) in [5.41, 5.74) is 3.23. The molecule has 1 amide bonds. The number of amides is 1. The number of rotatable bonds is 3. The number of fused-ring (bicyclic) bond motifs is 1. The topological polar surface area (TPSA) is 32.3 Å². The zero-order valence-corrected chi connectivity index (χ0v) is 12.9. The number of thiophene rings is 1. The Bertz CT molecular complexity index is 668. The minimum absolute atomic E-state index is 0.0637. The Hall–Kier alpha value is -1.36. The predicted molar refractivity (Wildman–Crippen MR) is 83.8 cm³/mol. The lowest BCUT2D eigenvalue weighted by Gasteiger charge is -2.17. The van der Waals surface area contributed by atoms with Gasteiger partial charge < -0.3 is 10.2 Å². The van der Waals surface area contributed by atoms with Gasteiger partial charge in [-0.1, -0.05) is 23.7 Å². The number of hydrogen-bond donors (Lipinski definition) is 1. The Morgan fingerprint density at radius 3 is 2.85 bits per heavy atom. The summed E-state index contributed by atoms with van der Waals surface area (Å²) in [6.45, 7) is 0. The molecule has 0 spiro atoms. The van der Waals surface area contributed by atoms with Crippen LogP contribution in [0.15, 0.2) is 29.6 Å². The number of nitrogens with one attached hydrogen (secondary N) is 1. The van der Waals surface area contributed by atoms with E-state index in [0.717, 1.165) is 26.7 Å². The van der Waals surface area contributed by atoms with Crippen LogP contribution in [0, 0.1) is 0 Å². The van der Waals surface area contributed by atoms with E-state index in [2.05, 4.69) is 17.4 Å². The van der Waals surface area contributed by atoms with Gasteiger partial charge in [0.25, 0.3) is 0 Å². The molecule has 1 aliphatic rings. The van der Waals surface area contributed by atoms with Crippen molar-refractivity contribution in [1.29, 1.82) is 0 Å². The van der Waals surface area contributed by atoms with Gasteiger partial charge in [-0.15, -0.1) is 11.3 Å². The van der Waals surface area contributed by atoms with E-state index < -0.39 is 0 Å². The van der Waals surface area contributed by atoms with E-state index in [4.69, 9.17) is 11.6 Å². The average Bonchev–Trinajstić information content (AvgIpc) is 2.96. The first-order valence-electron chi connectivity index (χ1n) is 6.41. The van der Waals surface area contributed by atoms with E-state index in [1.165, 1.54) is 0 Å². The number of carbonyl (C=O) groups is 1. The molecular formula is C15H15ClN2OS. The number of nitrogens with zero attached hydrogens (tertiary/aromatic N) is 1. The summed E-state index contributed by atoms with van der Waals surface area (Å²) in [5.74, 6) is 0.146. The van der Waals surface area contributed by atoms with E-state index >= 15 is 0 Å². The highest BCUT2D eigenvalue weighted by atomic mass is 35.5. The lowest BCUT2D eigenvalue weighted by Crippen LogP contribution is -2.20. The number of hydrogen-bond acceptors (Lipinski definition) is 3. The van der Waals surface area contributed by atoms with E-state index in [9.17, 15) is 4.79 Å². The highest BCUT2D eigenvalue weighted by Crippen LogP contribution is 2.36. The van der Waals surface area contributed by atoms with Gasteiger partial charge >= 0.3 is 0 Å². The normalized spacial score (nSPS) is 15.6. The molecular weight excluding hydrogens is 292 g/mol. The van der Waals surface area contributed by atoms with Crippen LogP contribution in [-0.2, 0) is 11.2 Å². The summed E-state index contributed by atoms with van der Waals surface area (Å²) < 4.78 is 0. The molecule has 0 saturated carbocycles. The molecule has 20 heavy (non-hydrogen) atoms. The smallest absolute Gasteiger partial charge is 0.231 e. The van der Waals surface area contributed by atoms with Gasteiger partial charge in [0.2, 0.25) is 5.91 Å². The zero-order chi connectivity index (χ0) is 14.3. The highest BCUT2D eigenvalue weighted by Gasteiger charge is 2.25. The molecule has 0 radical (unpaired) electrons. The Balaban J connectivity index is 2.01. The van der Waals surface area contributed by atoms with Crippen molar-refractivity contribution in [2.24, 2.45) is 0 Å². The van der Waals surface area contributed by atoms with Gasteiger partial charge in [-0.05, 0) is 35.7 Å². The third-order valence-electron chi connectivity index (χ3n) is 3.71. The van der Waals surface area contributed by atoms with Gasteiger partial charge in [-0.2, -0.15) is 0 Å². The molecule has 1 aromatic carbocycles. The maximum absolute atomic E-state index is 11.8. The van der Waals surface area contributed by atoms with E-state index in [-0.39, 0.29) is 11.9 Å². The quantitative estimate of drug-likeness (QED) is 0.944. The first kappa shape index (κ1) is 13.6. The summed E-state index contributed by atoms with van der Waals surface area (Å²) in [5, 5.41) is 6.08. The molecule has 2 aromatic rings. The van der Waals surface area contributed by atoms with Crippen LogP contribution >= 0.6 is 22.9 Å². The molecule has 5 heteroatoms. The maximum Gasteiger partial charge on any atom is 0.231 e.